The number of halogens is 1. The Morgan fingerprint density at radius 3 is 2.65 bits per heavy atom. The normalized spacial score (nSPS) is 15.8. The first kappa shape index (κ1) is 16.0. The Hall–Kier alpha value is -1.85. The summed E-state index contributed by atoms with van der Waals surface area (Å²) in [7, 11) is 0. The smallest absolute Gasteiger partial charge is 0.244 e. The summed E-state index contributed by atoms with van der Waals surface area (Å²) in [6.07, 6.45) is 1.85. The molecule has 3 rings (SSSR count). The van der Waals surface area contributed by atoms with Crippen LogP contribution in [0.4, 0.5) is 0 Å². The molecule has 1 saturated heterocycles. The molecule has 1 aromatic heterocycles. The molecule has 5 nitrogen and oxygen atoms in total. The first-order valence-electron chi connectivity index (χ1n) is 7.85. The number of carbonyl (C=O) groups excluding carboxylic acids is 1. The van der Waals surface area contributed by atoms with Crippen LogP contribution in [0.5, 0.6) is 0 Å². The maximum absolute atomic E-state index is 12.3. The minimum Gasteiger partial charge on any atom is -0.339 e. The minimum atomic E-state index is 0.135. The fraction of sp³-hybridized carbons (Fsp3) is 0.412. The van der Waals surface area contributed by atoms with Gasteiger partial charge in [-0.2, -0.15) is 5.10 Å². The molecule has 1 fully saturated rings. The number of amides is 1. The molecule has 0 aliphatic carbocycles. The van der Waals surface area contributed by atoms with Crippen molar-refractivity contribution in [3.8, 4) is 0 Å². The van der Waals surface area contributed by atoms with Crippen LogP contribution >= 0.6 is 11.6 Å². The van der Waals surface area contributed by atoms with E-state index in [1.165, 1.54) is 5.56 Å². The monoisotopic (exact) mass is 332 g/mol. The van der Waals surface area contributed by atoms with Gasteiger partial charge in [-0.1, -0.05) is 23.7 Å². The zero-order chi connectivity index (χ0) is 16.2. The van der Waals surface area contributed by atoms with Gasteiger partial charge in [0.1, 0.15) is 6.54 Å². The van der Waals surface area contributed by atoms with E-state index in [0.29, 0.717) is 6.54 Å². The molecule has 0 unspecified atom stereocenters. The van der Waals surface area contributed by atoms with Crippen LogP contribution in [0.25, 0.3) is 0 Å². The van der Waals surface area contributed by atoms with Crippen molar-refractivity contribution < 1.29 is 4.79 Å². The average Bonchev–Trinajstić information content (AvgIpc) is 2.93. The Balaban J connectivity index is 1.49. The molecule has 2 heterocycles. The van der Waals surface area contributed by atoms with E-state index in [9.17, 15) is 4.79 Å². The Morgan fingerprint density at radius 1 is 1.22 bits per heavy atom. The van der Waals surface area contributed by atoms with Crippen LogP contribution in [0.15, 0.2) is 36.5 Å². The third-order valence-electron chi connectivity index (χ3n) is 4.09. The molecule has 0 atom stereocenters. The molecular formula is C17H21ClN4O. The van der Waals surface area contributed by atoms with Crippen LogP contribution in [0, 0.1) is 6.92 Å². The molecule has 1 aliphatic heterocycles. The van der Waals surface area contributed by atoms with Crippen molar-refractivity contribution in [2.75, 3.05) is 26.2 Å². The van der Waals surface area contributed by atoms with E-state index in [1.807, 2.05) is 42.3 Å². The fourth-order valence-corrected chi connectivity index (χ4v) is 3.05. The SMILES string of the molecule is Cc1ccn(CC(=O)N2CCN(Cc3cccc(Cl)c3)CC2)n1. The third-order valence-corrected chi connectivity index (χ3v) is 4.33. The Bertz CT molecular complexity index is 677. The van der Waals surface area contributed by atoms with Crippen LogP contribution in [-0.4, -0.2) is 51.7 Å². The lowest BCUT2D eigenvalue weighted by molar-refractivity contribution is -0.133. The molecule has 6 heteroatoms. The van der Waals surface area contributed by atoms with Crippen LogP contribution in [0.2, 0.25) is 5.02 Å². The number of hydrogen-bond acceptors (Lipinski definition) is 3. The van der Waals surface area contributed by atoms with Crippen LogP contribution < -0.4 is 0 Å². The van der Waals surface area contributed by atoms with E-state index in [4.69, 9.17) is 11.6 Å². The lowest BCUT2D eigenvalue weighted by Crippen LogP contribution is -2.49. The van der Waals surface area contributed by atoms with E-state index in [2.05, 4.69) is 16.1 Å². The van der Waals surface area contributed by atoms with Crippen LogP contribution in [0.3, 0.4) is 0 Å². The van der Waals surface area contributed by atoms with Crippen molar-refractivity contribution in [2.24, 2.45) is 0 Å². The molecule has 1 aliphatic rings. The van der Waals surface area contributed by atoms with Crippen LogP contribution in [-0.2, 0) is 17.9 Å². The number of carbonyl (C=O) groups is 1. The van der Waals surface area contributed by atoms with Gasteiger partial charge in [0.15, 0.2) is 0 Å². The average molecular weight is 333 g/mol. The Morgan fingerprint density at radius 2 is 2.00 bits per heavy atom. The molecule has 1 amide bonds. The van der Waals surface area contributed by atoms with Gasteiger partial charge in [-0.25, -0.2) is 0 Å². The molecule has 1 aromatic carbocycles. The first-order valence-corrected chi connectivity index (χ1v) is 8.22. The molecule has 0 saturated carbocycles. The predicted octanol–water partition coefficient (Wildman–Crippen LogP) is 2.19. The summed E-state index contributed by atoms with van der Waals surface area (Å²) in [5.74, 6) is 0.135. The van der Waals surface area contributed by atoms with Gasteiger partial charge in [-0.3, -0.25) is 14.4 Å². The highest BCUT2D eigenvalue weighted by Crippen LogP contribution is 2.14. The van der Waals surface area contributed by atoms with Crippen molar-refractivity contribution in [1.82, 2.24) is 19.6 Å². The van der Waals surface area contributed by atoms with Gasteiger partial charge in [-0.05, 0) is 30.7 Å². The molecule has 2 aromatic rings. The maximum atomic E-state index is 12.3. The van der Waals surface area contributed by atoms with Crippen molar-refractivity contribution in [3.05, 3.63) is 52.8 Å². The minimum absolute atomic E-state index is 0.135. The lowest BCUT2D eigenvalue weighted by Gasteiger charge is -2.34. The second-order valence-corrected chi connectivity index (χ2v) is 6.38. The number of aromatic nitrogens is 2. The van der Waals surface area contributed by atoms with Crippen molar-refractivity contribution in [2.45, 2.75) is 20.0 Å². The molecule has 0 bridgehead atoms. The quantitative estimate of drug-likeness (QED) is 0.862. The summed E-state index contributed by atoms with van der Waals surface area (Å²) < 4.78 is 1.70. The second kappa shape index (κ2) is 7.15. The molecular weight excluding hydrogens is 312 g/mol. The largest absolute Gasteiger partial charge is 0.339 e. The number of rotatable bonds is 4. The number of nitrogens with zero attached hydrogens (tertiary/aromatic N) is 4. The lowest BCUT2D eigenvalue weighted by atomic mass is 10.2. The second-order valence-electron chi connectivity index (χ2n) is 5.94. The zero-order valence-electron chi connectivity index (χ0n) is 13.3. The van der Waals surface area contributed by atoms with E-state index >= 15 is 0 Å². The van der Waals surface area contributed by atoms with E-state index in [-0.39, 0.29) is 5.91 Å². The highest BCUT2D eigenvalue weighted by atomic mass is 35.5. The van der Waals surface area contributed by atoms with Gasteiger partial charge in [0.25, 0.3) is 0 Å². The first-order chi connectivity index (χ1) is 11.1. The molecule has 0 radical (unpaired) electrons. The van der Waals surface area contributed by atoms with Crippen molar-refractivity contribution in [3.63, 3.8) is 0 Å². The molecule has 23 heavy (non-hydrogen) atoms. The number of hydrogen-bond donors (Lipinski definition) is 0. The van der Waals surface area contributed by atoms with Gasteiger partial charge in [-0.15, -0.1) is 0 Å². The standard InChI is InChI=1S/C17H21ClN4O/c1-14-5-6-22(19-14)13-17(23)21-9-7-20(8-10-21)12-15-3-2-4-16(18)11-15/h2-6,11H,7-10,12-13H2,1H3. The third kappa shape index (κ3) is 4.33. The van der Waals surface area contributed by atoms with Crippen molar-refractivity contribution in [1.29, 1.82) is 0 Å². The van der Waals surface area contributed by atoms with Gasteiger partial charge in [0, 0.05) is 43.9 Å². The molecule has 0 spiro atoms. The summed E-state index contributed by atoms with van der Waals surface area (Å²) in [4.78, 5) is 16.6. The Labute approximate surface area is 141 Å². The van der Waals surface area contributed by atoms with E-state index < -0.39 is 0 Å². The van der Waals surface area contributed by atoms with Gasteiger partial charge >= 0.3 is 0 Å². The Kier molecular flexibility index (Phi) is 4.98. The maximum Gasteiger partial charge on any atom is 0.244 e. The zero-order valence-corrected chi connectivity index (χ0v) is 14.0. The summed E-state index contributed by atoms with van der Waals surface area (Å²) in [6, 6.07) is 9.86. The van der Waals surface area contributed by atoms with Crippen molar-refractivity contribution >= 4 is 17.5 Å². The molecule has 0 N–H and O–H groups in total. The van der Waals surface area contributed by atoms with Gasteiger partial charge in [0.2, 0.25) is 5.91 Å². The molecule has 122 valence electrons. The number of piperazine rings is 1. The predicted molar refractivity (Wildman–Crippen MR) is 90.3 cm³/mol. The summed E-state index contributed by atoms with van der Waals surface area (Å²) >= 11 is 6.03. The summed E-state index contributed by atoms with van der Waals surface area (Å²) in [5.41, 5.74) is 2.15. The highest BCUT2D eigenvalue weighted by Gasteiger charge is 2.21. The topological polar surface area (TPSA) is 41.4 Å². The summed E-state index contributed by atoms with van der Waals surface area (Å²) in [6.45, 7) is 6.42. The summed E-state index contributed by atoms with van der Waals surface area (Å²) in [5, 5.41) is 5.04. The number of benzene rings is 1. The fourth-order valence-electron chi connectivity index (χ4n) is 2.84. The van der Waals surface area contributed by atoms with Gasteiger partial charge < -0.3 is 4.90 Å². The van der Waals surface area contributed by atoms with Gasteiger partial charge in [0.05, 0.1) is 5.69 Å². The van der Waals surface area contributed by atoms with Crippen LogP contribution in [0.1, 0.15) is 11.3 Å². The number of aryl methyl sites for hydroxylation is 1. The van der Waals surface area contributed by atoms with E-state index in [1.54, 1.807) is 4.68 Å². The van der Waals surface area contributed by atoms with E-state index in [0.717, 1.165) is 43.4 Å². The highest BCUT2D eigenvalue weighted by molar-refractivity contribution is 6.30.